The third-order valence-electron chi connectivity index (χ3n) is 2.49. The molecule has 1 heterocycles. The maximum absolute atomic E-state index is 12.2. The number of rotatable bonds is 4. The van der Waals surface area contributed by atoms with E-state index in [1.54, 1.807) is 0 Å². The molecule has 0 saturated carbocycles. The minimum atomic E-state index is -3.81. The quantitative estimate of drug-likeness (QED) is 0.829. The molecule has 0 aliphatic carbocycles. The number of hydrogen-bond acceptors (Lipinski definition) is 6. The Morgan fingerprint density at radius 2 is 2.10 bits per heavy atom. The summed E-state index contributed by atoms with van der Waals surface area (Å²) in [6.45, 7) is 0. The second-order valence-corrected chi connectivity index (χ2v) is 7.22. The lowest BCUT2D eigenvalue weighted by Gasteiger charge is -2.09. The number of anilines is 2. The van der Waals surface area contributed by atoms with E-state index < -0.39 is 16.0 Å². The first-order valence-corrected chi connectivity index (χ1v) is 8.32. The van der Waals surface area contributed by atoms with Gasteiger partial charge in [-0.15, -0.1) is 11.3 Å². The molecule has 2 aromatic rings. The molecule has 112 valence electrons. The summed E-state index contributed by atoms with van der Waals surface area (Å²) in [6, 6.07) is 5.50. The Bertz CT molecular complexity index is 786. The summed E-state index contributed by atoms with van der Waals surface area (Å²) in [7, 11) is -2.58. The van der Waals surface area contributed by atoms with Gasteiger partial charge in [0.05, 0.1) is 23.4 Å². The van der Waals surface area contributed by atoms with Crippen molar-refractivity contribution >= 4 is 50.3 Å². The predicted octanol–water partition coefficient (Wildman–Crippen LogP) is 2.57. The minimum Gasteiger partial charge on any atom is -0.465 e. The summed E-state index contributed by atoms with van der Waals surface area (Å²) in [5, 5.41) is 1.68. The first kappa shape index (κ1) is 15.6. The van der Waals surface area contributed by atoms with Crippen LogP contribution in [0.1, 0.15) is 10.4 Å². The first-order chi connectivity index (χ1) is 9.83. The standard InChI is InChI=1S/C12H11ClN2O4S2/c1-19-12(16)7-2-3-9(13)10(4-7)15-21(17,18)11-5-8(14)6-20-11/h2-6,15H,14H2,1H3. The smallest absolute Gasteiger partial charge is 0.337 e. The summed E-state index contributed by atoms with van der Waals surface area (Å²) >= 11 is 6.93. The number of benzene rings is 1. The summed E-state index contributed by atoms with van der Waals surface area (Å²) < 4.78 is 31.3. The zero-order valence-electron chi connectivity index (χ0n) is 10.8. The van der Waals surface area contributed by atoms with Gasteiger partial charge in [0.1, 0.15) is 4.21 Å². The largest absolute Gasteiger partial charge is 0.465 e. The zero-order chi connectivity index (χ0) is 15.6. The summed E-state index contributed by atoms with van der Waals surface area (Å²) in [5.41, 5.74) is 6.14. The van der Waals surface area contributed by atoms with Gasteiger partial charge in [-0.3, -0.25) is 4.72 Å². The number of nitrogen functional groups attached to an aromatic ring is 1. The molecule has 3 N–H and O–H groups in total. The number of halogens is 1. The molecule has 1 aromatic heterocycles. The molecule has 0 aliphatic heterocycles. The van der Waals surface area contributed by atoms with Gasteiger partial charge >= 0.3 is 5.97 Å². The molecule has 2 rings (SSSR count). The molecular weight excluding hydrogens is 336 g/mol. The Morgan fingerprint density at radius 3 is 2.67 bits per heavy atom. The molecule has 6 nitrogen and oxygen atoms in total. The fourth-order valence-corrected chi connectivity index (χ4v) is 3.89. The maximum Gasteiger partial charge on any atom is 0.337 e. The number of nitrogens with two attached hydrogens (primary N) is 1. The second-order valence-electron chi connectivity index (χ2n) is 3.99. The van der Waals surface area contributed by atoms with Crippen molar-refractivity contribution in [2.75, 3.05) is 17.6 Å². The van der Waals surface area contributed by atoms with Crippen molar-refractivity contribution in [2.45, 2.75) is 4.21 Å². The lowest BCUT2D eigenvalue weighted by Crippen LogP contribution is -2.12. The van der Waals surface area contributed by atoms with Crippen molar-refractivity contribution in [1.29, 1.82) is 0 Å². The Kier molecular flexibility index (Phi) is 4.40. The Morgan fingerprint density at radius 1 is 1.38 bits per heavy atom. The molecule has 0 saturated heterocycles. The summed E-state index contributed by atoms with van der Waals surface area (Å²) in [4.78, 5) is 11.5. The number of esters is 1. The second kappa shape index (κ2) is 5.92. The lowest BCUT2D eigenvalue weighted by atomic mass is 10.2. The van der Waals surface area contributed by atoms with Crippen LogP contribution in [0.3, 0.4) is 0 Å². The number of methoxy groups -OCH3 is 1. The number of carbonyl (C=O) groups is 1. The van der Waals surface area contributed by atoms with Crippen LogP contribution in [0, 0.1) is 0 Å². The summed E-state index contributed by atoms with van der Waals surface area (Å²) in [6.07, 6.45) is 0. The fraction of sp³-hybridized carbons (Fsp3) is 0.0833. The van der Waals surface area contributed by atoms with Gasteiger partial charge in [0.2, 0.25) is 0 Å². The van der Waals surface area contributed by atoms with Gasteiger partial charge in [-0.2, -0.15) is 0 Å². The number of thiophene rings is 1. The molecule has 0 fully saturated rings. The number of sulfonamides is 1. The van der Waals surface area contributed by atoms with Crippen molar-refractivity contribution < 1.29 is 17.9 Å². The number of nitrogens with one attached hydrogen (secondary N) is 1. The Balaban J connectivity index is 2.37. The highest BCUT2D eigenvalue weighted by Gasteiger charge is 2.19. The van der Waals surface area contributed by atoms with E-state index in [9.17, 15) is 13.2 Å². The molecule has 9 heteroatoms. The number of carbonyl (C=O) groups excluding carboxylic acids is 1. The van der Waals surface area contributed by atoms with E-state index in [1.807, 2.05) is 0 Å². The lowest BCUT2D eigenvalue weighted by molar-refractivity contribution is 0.0601. The van der Waals surface area contributed by atoms with Crippen LogP contribution in [0.15, 0.2) is 33.9 Å². The monoisotopic (exact) mass is 346 g/mol. The molecule has 0 bridgehead atoms. The third kappa shape index (κ3) is 3.46. The van der Waals surface area contributed by atoms with E-state index in [4.69, 9.17) is 17.3 Å². The van der Waals surface area contributed by atoms with Crippen LogP contribution in [0.4, 0.5) is 11.4 Å². The van der Waals surface area contributed by atoms with Crippen LogP contribution in [-0.2, 0) is 14.8 Å². The normalized spacial score (nSPS) is 11.1. The van der Waals surface area contributed by atoms with Gasteiger partial charge in [0.15, 0.2) is 0 Å². The van der Waals surface area contributed by atoms with Gasteiger partial charge in [-0.1, -0.05) is 11.6 Å². The highest BCUT2D eigenvalue weighted by atomic mass is 35.5. The van der Waals surface area contributed by atoms with E-state index in [-0.39, 0.29) is 20.5 Å². The van der Waals surface area contributed by atoms with E-state index in [1.165, 1.54) is 36.8 Å². The molecule has 0 aliphatic rings. The first-order valence-electron chi connectivity index (χ1n) is 5.58. The summed E-state index contributed by atoms with van der Waals surface area (Å²) in [5.74, 6) is -0.590. The molecule has 1 aromatic carbocycles. The Labute approximate surface area is 130 Å². The van der Waals surface area contributed by atoms with E-state index in [0.717, 1.165) is 11.3 Å². The van der Waals surface area contributed by atoms with Crippen LogP contribution < -0.4 is 10.5 Å². The highest BCUT2D eigenvalue weighted by molar-refractivity contribution is 7.94. The van der Waals surface area contributed by atoms with E-state index in [0.29, 0.717) is 5.69 Å². The predicted molar refractivity (Wildman–Crippen MR) is 82.3 cm³/mol. The molecule has 0 unspecified atom stereocenters. The van der Waals surface area contributed by atoms with Gasteiger partial charge in [-0.25, -0.2) is 13.2 Å². The SMILES string of the molecule is COC(=O)c1ccc(Cl)c(NS(=O)(=O)c2cc(N)cs2)c1. The van der Waals surface area contributed by atoms with Gasteiger partial charge in [0, 0.05) is 11.1 Å². The Hall–Kier alpha value is -1.77. The van der Waals surface area contributed by atoms with Crippen molar-refractivity contribution in [3.05, 3.63) is 40.2 Å². The number of hydrogen-bond donors (Lipinski definition) is 2. The fourth-order valence-electron chi connectivity index (χ4n) is 1.51. The van der Waals surface area contributed by atoms with E-state index >= 15 is 0 Å². The van der Waals surface area contributed by atoms with Crippen LogP contribution in [0.5, 0.6) is 0 Å². The maximum atomic E-state index is 12.2. The highest BCUT2D eigenvalue weighted by Crippen LogP contribution is 2.28. The molecule has 0 amide bonds. The van der Waals surface area contributed by atoms with Crippen molar-refractivity contribution in [3.63, 3.8) is 0 Å². The zero-order valence-corrected chi connectivity index (χ0v) is 13.2. The van der Waals surface area contributed by atoms with Gasteiger partial charge < -0.3 is 10.5 Å². The number of ether oxygens (including phenoxy) is 1. The minimum absolute atomic E-state index is 0.0551. The van der Waals surface area contributed by atoms with Crippen LogP contribution in [0.2, 0.25) is 5.02 Å². The molecule has 21 heavy (non-hydrogen) atoms. The molecule has 0 spiro atoms. The van der Waals surface area contributed by atoms with E-state index in [2.05, 4.69) is 9.46 Å². The third-order valence-corrected chi connectivity index (χ3v) is 5.65. The van der Waals surface area contributed by atoms with Crippen molar-refractivity contribution in [3.8, 4) is 0 Å². The van der Waals surface area contributed by atoms with Crippen molar-refractivity contribution in [2.24, 2.45) is 0 Å². The average molecular weight is 347 g/mol. The topological polar surface area (TPSA) is 98.5 Å². The average Bonchev–Trinajstić information content (AvgIpc) is 2.87. The van der Waals surface area contributed by atoms with Crippen LogP contribution in [-0.4, -0.2) is 21.5 Å². The molecular formula is C12H11ClN2O4S2. The molecule has 0 radical (unpaired) electrons. The van der Waals surface area contributed by atoms with Crippen LogP contribution in [0.25, 0.3) is 0 Å². The van der Waals surface area contributed by atoms with Gasteiger partial charge in [0.25, 0.3) is 10.0 Å². The van der Waals surface area contributed by atoms with Gasteiger partial charge in [-0.05, 0) is 24.3 Å². The molecule has 0 atom stereocenters. The van der Waals surface area contributed by atoms with Crippen LogP contribution >= 0.6 is 22.9 Å². The van der Waals surface area contributed by atoms with Crippen molar-refractivity contribution in [1.82, 2.24) is 0 Å².